The van der Waals surface area contributed by atoms with Crippen LogP contribution in [0.25, 0.3) is 0 Å². The summed E-state index contributed by atoms with van der Waals surface area (Å²) < 4.78 is 6.58. The molecule has 4 saturated carbocycles. The Morgan fingerprint density at radius 3 is 1.59 bits per heavy atom. The Balaban J connectivity index is 0.00000152. The molecule has 1 nitrogen and oxygen atoms in total. The van der Waals surface area contributed by atoms with E-state index in [1.165, 1.54) is 43.2 Å². The number of halogens is 2. The molecule has 2 aromatic carbocycles. The van der Waals surface area contributed by atoms with E-state index >= 15 is 0 Å². The van der Waals surface area contributed by atoms with Gasteiger partial charge < -0.3 is 19.6 Å². The molecule has 5 heteroatoms. The summed E-state index contributed by atoms with van der Waals surface area (Å²) in [5.41, 5.74) is 7.21. The molecule has 4 aliphatic rings. The molecule has 6 rings (SSSR count). The average Bonchev–Trinajstić information content (AvgIpc) is 3.58. The van der Waals surface area contributed by atoms with Gasteiger partial charge in [-0.2, -0.15) is 0 Å². The van der Waals surface area contributed by atoms with E-state index in [0.717, 1.165) is 52.5 Å². The van der Waals surface area contributed by atoms with E-state index in [2.05, 4.69) is 144 Å². The molecule has 0 aliphatic heterocycles. The van der Waals surface area contributed by atoms with Crippen molar-refractivity contribution in [2.24, 2.45) is 58.2 Å². The molecule has 0 aromatic heterocycles. The Kier molecular flexibility index (Phi) is 16.6. The van der Waals surface area contributed by atoms with Gasteiger partial charge in [-0.25, -0.2) is 0 Å². The van der Waals surface area contributed by atoms with Gasteiger partial charge >= 0.3 is 37.9 Å². The maximum absolute atomic E-state index is 6.58. The van der Waals surface area contributed by atoms with Gasteiger partial charge in [0.1, 0.15) is 0 Å². The van der Waals surface area contributed by atoms with Crippen LogP contribution in [0, 0.1) is 73.0 Å². The summed E-state index contributed by atoms with van der Waals surface area (Å²) in [5.74, 6) is 7.44. The topological polar surface area (TPSA) is 9.23 Å². The molecule has 54 heavy (non-hydrogen) atoms. The summed E-state index contributed by atoms with van der Waals surface area (Å²) in [7, 11) is 10.2. The molecular formula is C49H80Cl2OSiZr. The van der Waals surface area contributed by atoms with Crippen molar-refractivity contribution in [3.05, 3.63) is 86.1 Å². The Hall–Kier alpha value is 0.0800. The van der Waals surface area contributed by atoms with E-state index in [-0.39, 0.29) is 25.7 Å². The van der Waals surface area contributed by atoms with Crippen molar-refractivity contribution in [1.82, 2.24) is 0 Å². The van der Waals surface area contributed by atoms with E-state index in [1.807, 2.05) is 7.11 Å². The summed E-state index contributed by atoms with van der Waals surface area (Å²) in [6.45, 7) is 33.4. The summed E-state index contributed by atoms with van der Waals surface area (Å²) in [6.07, 6.45) is 7.29. The van der Waals surface area contributed by atoms with Gasteiger partial charge in [0, 0.05) is 13.0 Å². The van der Waals surface area contributed by atoms with Crippen LogP contribution in [0.2, 0.25) is 24.2 Å². The quantitative estimate of drug-likeness (QED) is 0.215. The number of fused-ring (bicyclic) bond motifs is 2. The molecule has 4 aliphatic carbocycles. The fourth-order valence-corrected chi connectivity index (χ4v) is 20.2. The molecule has 13 unspecified atom stereocenters. The molecule has 0 saturated heterocycles. The molecule has 0 spiro atoms. The first-order valence-corrected chi connectivity index (χ1v) is 30.3. The number of hydrogen-bond donors (Lipinski definition) is 0. The van der Waals surface area contributed by atoms with Gasteiger partial charge in [-0.05, 0) is 129 Å². The van der Waals surface area contributed by atoms with Crippen molar-refractivity contribution in [3.8, 4) is 0 Å². The van der Waals surface area contributed by atoms with E-state index in [9.17, 15) is 0 Å². The first-order chi connectivity index (χ1) is 24.2. The van der Waals surface area contributed by atoms with Gasteiger partial charge in [0.2, 0.25) is 0 Å². The third-order valence-corrected chi connectivity index (χ3v) is 21.0. The predicted octanol–water partition coefficient (Wildman–Crippen LogP) is 15.7. The monoisotopic (exact) mass is 872 g/mol. The molecule has 0 amide bonds. The third kappa shape index (κ3) is 9.75. The zero-order valence-corrected chi connectivity index (χ0v) is 42.4. The molecule has 0 bridgehead atoms. The molecule has 4 fully saturated rings. The van der Waals surface area contributed by atoms with Crippen LogP contribution in [-0.4, -0.2) is 21.3 Å². The molecule has 0 heterocycles. The van der Waals surface area contributed by atoms with E-state index in [1.54, 1.807) is 5.56 Å². The standard InChI is InChI=1S/C47H74OSi.2CH3.2ClH.Zr/c1-29-24-36-35(31-20-22-33(23-21-31)45(3,4)5)26-34(46(6,7)8)27-38(36)43(29)49(13,14)44-30(2)25-37-39(44)28-40(47(9,10)11)42(48-12)41(37)32-18-16-15-17-19-32;;;;;/h15-23,29-30,34-44H,24-28H2,1-14H3;2*1H3;2*1H;/q;2*-1;;;+4/p-2. The molecule has 0 radical (unpaired) electrons. The van der Waals surface area contributed by atoms with Crippen molar-refractivity contribution in [2.75, 3.05) is 7.11 Å². The van der Waals surface area contributed by atoms with Crippen molar-refractivity contribution in [3.63, 3.8) is 0 Å². The number of ether oxygens (including phenoxy) is 1. The van der Waals surface area contributed by atoms with Crippen LogP contribution in [0.15, 0.2) is 54.6 Å². The van der Waals surface area contributed by atoms with Gasteiger partial charge in [-0.15, -0.1) is 0 Å². The molecule has 0 N–H and O–H groups in total. The Labute approximate surface area is 355 Å². The van der Waals surface area contributed by atoms with Gasteiger partial charge in [-0.3, -0.25) is 0 Å². The second-order valence-corrected chi connectivity index (χ2v) is 30.6. The van der Waals surface area contributed by atoms with Crippen LogP contribution in [0.1, 0.15) is 137 Å². The molecule has 2 aromatic rings. The molecule has 304 valence electrons. The molecule has 13 atom stereocenters. The molecular weight excluding hydrogens is 795 g/mol. The van der Waals surface area contributed by atoms with E-state index in [0.29, 0.717) is 29.3 Å². The fraction of sp³-hybridized carbons (Fsp3) is 0.714. The SMILES string of the molecule is COC1C(c2ccccc2)C2CC(C)C([Si](C)(C)C3C(C)CC4C(c5ccc(C(C)(C)C)cc5)CC(C(C)(C)C)CC43)C2CC1C(C)(C)C.[CH3-].[CH3-].[Cl][Zr+2][Cl]. The zero-order valence-electron chi connectivity index (χ0n) is 37.4. The van der Waals surface area contributed by atoms with E-state index in [4.69, 9.17) is 21.8 Å². The third-order valence-electron chi connectivity index (χ3n) is 15.6. The van der Waals surface area contributed by atoms with Crippen LogP contribution < -0.4 is 0 Å². The van der Waals surface area contributed by atoms with Crippen LogP contribution in [0.5, 0.6) is 0 Å². The summed E-state index contributed by atoms with van der Waals surface area (Å²) >= 11 is -0.826. The van der Waals surface area contributed by atoms with Crippen molar-refractivity contribution < 1.29 is 25.6 Å². The van der Waals surface area contributed by atoms with Crippen molar-refractivity contribution in [1.29, 1.82) is 0 Å². The second-order valence-electron chi connectivity index (χ2n) is 21.9. The first kappa shape index (κ1) is 48.4. The van der Waals surface area contributed by atoms with Crippen LogP contribution in [0.4, 0.5) is 0 Å². The maximum atomic E-state index is 6.58. The van der Waals surface area contributed by atoms with Gasteiger partial charge in [0.15, 0.2) is 0 Å². The number of methoxy groups -OCH3 is 1. The van der Waals surface area contributed by atoms with Crippen LogP contribution >= 0.6 is 17.0 Å². The number of hydrogen-bond acceptors (Lipinski definition) is 1. The van der Waals surface area contributed by atoms with Crippen LogP contribution in [0.3, 0.4) is 0 Å². The number of benzene rings is 2. The summed E-state index contributed by atoms with van der Waals surface area (Å²) in [6, 6.07) is 21.6. The van der Waals surface area contributed by atoms with Gasteiger partial charge in [0.25, 0.3) is 0 Å². The van der Waals surface area contributed by atoms with Crippen LogP contribution in [-0.2, 0) is 31.0 Å². The Morgan fingerprint density at radius 1 is 0.630 bits per heavy atom. The fourth-order valence-electron chi connectivity index (χ4n) is 13.6. The minimum absolute atomic E-state index is 0. The summed E-state index contributed by atoms with van der Waals surface area (Å²) in [4.78, 5) is 0. The second kappa shape index (κ2) is 18.6. The minimum atomic E-state index is -1.73. The van der Waals surface area contributed by atoms with Crippen molar-refractivity contribution in [2.45, 2.75) is 156 Å². The van der Waals surface area contributed by atoms with E-state index < -0.39 is 28.9 Å². The van der Waals surface area contributed by atoms with Gasteiger partial charge in [0.05, 0.1) is 14.2 Å². The Morgan fingerprint density at radius 2 is 1.13 bits per heavy atom. The average molecular weight is 875 g/mol. The predicted molar refractivity (Wildman–Crippen MR) is 239 cm³/mol. The number of rotatable bonds is 5. The summed E-state index contributed by atoms with van der Waals surface area (Å²) in [5, 5.41) is 0. The first-order valence-electron chi connectivity index (χ1n) is 20.8. The van der Waals surface area contributed by atoms with Gasteiger partial charge in [-0.1, -0.05) is 144 Å². The van der Waals surface area contributed by atoms with Crippen molar-refractivity contribution >= 4 is 25.1 Å². The Bertz CT molecular complexity index is 1440. The zero-order chi connectivity index (χ0) is 38.6. The normalized spacial score (nSPS) is 35.3.